The zero-order valence-electron chi connectivity index (χ0n) is 39.8. The molecule has 13 rings (SSSR count). The summed E-state index contributed by atoms with van der Waals surface area (Å²) in [6, 6.07) is 83.6. The number of anilines is 3. The van der Waals surface area contributed by atoms with Gasteiger partial charge in [0.1, 0.15) is 0 Å². The van der Waals surface area contributed by atoms with Crippen LogP contribution in [0.1, 0.15) is 55.5 Å². The lowest BCUT2D eigenvalue weighted by atomic mass is 9.82. The molecule has 0 fully saturated rings. The van der Waals surface area contributed by atoms with E-state index in [4.69, 9.17) is 0 Å². The zero-order chi connectivity index (χ0) is 46.6. The van der Waals surface area contributed by atoms with Crippen LogP contribution in [0.4, 0.5) is 17.1 Å². The minimum Gasteiger partial charge on any atom is -0.310 e. The van der Waals surface area contributed by atoms with Gasteiger partial charge in [-0.05, 0) is 157 Å². The van der Waals surface area contributed by atoms with Crippen LogP contribution in [0.2, 0.25) is 0 Å². The molecule has 10 aromatic carbocycles. The molecule has 0 atom stereocenters. The third-order valence-electron chi connectivity index (χ3n) is 15.5. The number of fused-ring (bicyclic) bond motifs is 9. The van der Waals surface area contributed by atoms with Crippen molar-refractivity contribution in [3.8, 4) is 61.3 Å². The molecule has 0 amide bonds. The van der Waals surface area contributed by atoms with Crippen molar-refractivity contribution in [3.05, 3.63) is 252 Å². The summed E-state index contributed by atoms with van der Waals surface area (Å²) in [5, 5.41) is 2.49. The van der Waals surface area contributed by atoms with Crippen molar-refractivity contribution in [1.82, 2.24) is 4.57 Å². The Morgan fingerprint density at radius 1 is 0.319 bits per heavy atom. The first-order valence-corrected chi connectivity index (χ1v) is 24.3. The minimum absolute atomic E-state index is 0.120. The molecular weight excluding hydrogens is 833 g/mol. The SMILES string of the molecule is Cc1cc(N(c2ccc3c(c2)C(C)(C)c2ccccc2-3)c2ccc3c(c2)C(C)(C)c2ccccc2-3)ccc1-c1ccc2c3ccccc3n(-c3cccc(-c4cccc(-c5ccccc5)c4)c3)c2c1. The quantitative estimate of drug-likeness (QED) is 0.155. The number of para-hydroxylation sites is 1. The molecule has 11 aromatic rings. The number of benzene rings is 10. The van der Waals surface area contributed by atoms with Gasteiger partial charge in [-0.1, -0.05) is 185 Å². The van der Waals surface area contributed by atoms with Crippen LogP contribution >= 0.6 is 0 Å². The third kappa shape index (κ3) is 6.39. The fourth-order valence-corrected chi connectivity index (χ4v) is 12.0. The lowest BCUT2D eigenvalue weighted by Gasteiger charge is -2.30. The summed E-state index contributed by atoms with van der Waals surface area (Å²) in [4.78, 5) is 2.49. The van der Waals surface area contributed by atoms with Crippen LogP contribution in [0.25, 0.3) is 83.1 Å². The van der Waals surface area contributed by atoms with Crippen molar-refractivity contribution in [3.63, 3.8) is 0 Å². The topological polar surface area (TPSA) is 8.17 Å². The lowest BCUT2D eigenvalue weighted by Crippen LogP contribution is -2.18. The smallest absolute Gasteiger partial charge is 0.0547 e. The number of hydrogen-bond donors (Lipinski definition) is 0. The van der Waals surface area contributed by atoms with Crippen LogP contribution in [0.15, 0.2) is 224 Å². The van der Waals surface area contributed by atoms with Crippen LogP contribution in [0.3, 0.4) is 0 Å². The average molecular weight is 885 g/mol. The standard InChI is InChI=1S/C67H52N2/c1-43-37-50(68(51-31-35-56-54-23-9-12-26-60(54)66(2,3)62(56)41-51)52-32-36-57-55-24-10-13-27-61(55)67(4,5)63(57)42-52)30-34-53(43)48-29-33-59-58-25-11-14-28-64(58)69(65(59)40-48)49-22-16-21-47(39-49)46-20-15-19-45(38-46)44-17-7-6-8-18-44/h6-42H,1-5H3. The summed E-state index contributed by atoms with van der Waals surface area (Å²) in [5.41, 5.74) is 26.1. The fourth-order valence-electron chi connectivity index (χ4n) is 12.0. The van der Waals surface area contributed by atoms with Gasteiger partial charge in [-0.25, -0.2) is 0 Å². The molecule has 69 heavy (non-hydrogen) atoms. The summed E-state index contributed by atoms with van der Waals surface area (Å²) in [6.45, 7) is 11.8. The van der Waals surface area contributed by atoms with Crippen molar-refractivity contribution >= 4 is 38.9 Å². The van der Waals surface area contributed by atoms with Gasteiger partial charge in [0.2, 0.25) is 0 Å². The van der Waals surface area contributed by atoms with E-state index in [0.717, 1.165) is 22.7 Å². The van der Waals surface area contributed by atoms with Gasteiger partial charge in [-0.2, -0.15) is 0 Å². The molecule has 2 aliphatic carbocycles. The molecule has 1 heterocycles. The van der Waals surface area contributed by atoms with Crippen molar-refractivity contribution in [2.45, 2.75) is 45.4 Å². The predicted octanol–water partition coefficient (Wildman–Crippen LogP) is 18.2. The lowest BCUT2D eigenvalue weighted by molar-refractivity contribution is 0.660. The molecule has 0 spiro atoms. The maximum Gasteiger partial charge on any atom is 0.0547 e. The van der Waals surface area contributed by atoms with E-state index < -0.39 is 0 Å². The van der Waals surface area contributed by atoms with E-state index in [1.165, 1.54) is 105 Å². The van der Waals surface area contributed by atoms with Crippen molar-refractivity contribution in [2.24, 2.45) is 0 Å². The molecule has 0 aliphatic heterocycles. The van der Waals surface area contributed by atoms with Crippen LogP contribution in [-0.2, 0) is 10.8 Å². The number of hydrogen-bond acceptors (Lipinski definition) is 1. The van der Waals surface area contributed by atoms with Gasteiger partial charge in [-0.15, -0.1) is 0 Å². The van der Waals surface area contributed by atoms with Crippen LogP contribution < -0.4 is 4.90 Å². The molecule has 2 aliphatic rings. The largest absolute Gasteiger partial charge is 0.310 e. The Labute approximate surface area is 405 Å². The van der Waals surface area contributed by atoms with E-state index in [1.54, 1.807) is 0 Å². The molecule has 0 unspecified atom stereocenters. The van der Waals surface area contributed by atoms with E-state index >= 15 is 0 Å². The van der Waals surface area contributed by atoms with E-state index in [9.17, 15) is 0 Å². The van der Waals surface area contributed by atoms with Gasteiger partial charge < -0.3 is 9.47 Å². The minimum atomic E-state index is -0.120. The molecular formula is C67H52N2. The van der Waals surface area contributed by atoms with E-state index in [2.05, 4.69) is 269 Å². The van der Waals surface area contributed by atoms with Crippen molar-refractivity contribution in [2.75, 3.05) is 4.90 Å². The molecule has 2 heteroatoms. The van der Waals surface area contributed by atoms with Crippen LogP contribution in [-0.4, -0.2) is 4.57 Å². The van der Waals surface area contributed by atoms with Gasteiger partial charge in [0.25, 0.3) is 0 Å². The van der Waals surface area contributed by atoms with Crippen molar-refractivity contribution < 1.29 is 0 Å². The van der Waals surface area contributed by atoms with Gasteiger partial charge in [0.15, 0.2) is 0 Å². The van der Waals surface area contributed by atoms with Crippen LogP contribution in [0.5, 0.6) is 0 Å². The predicted molar refractivity (Wildman–Crippen MR) is 292 cm³/mol. The average Bonchev–Trinajstić information content (AvgIpc) is 3.93. The van der Waals surface area contributed by atoms with Gasteiger partial charge in [-0.3, -0.25) is 0 Å². The van der Waals surface area contributed by atoms with E-state index in [1.807, 2.05) is 0 Å². The van der Waals surface area contributed by atoms with Gasteiger partial charge in [0, 0.05) is 44.4 Å². The molecule has 0 saturated carbocycles. The maximum absolute atomic E-state index is 2.49. The second kappa shape index (κ2) is 15.4. The summed E-state index contributed by atoms with van der Waals surface area (Å²) in [6.07, 6.45) is 0. The number of nitrogens with zero attached hydrogens (tertiary/aromatic N) is 2. The summed E-state index contributed by atoms with van der Waals surface area (Å²) >= 11 is 0. The Morgan fingerprint density at radius 3 is 1.46 bits per heavy atom. The first-order chi connectivity index (χ1) is 33.6. The Bertz CT molecular complexity index is 3760. The molecule has 0 radical (unpaired) electrons. The van der Waals surface area contributed by atoms with Gasteiger partial charge >= 0.3 is 0 Å². The van der Waals surface area contributed by atoms with E-state index in [0.29, 0.717) is 0 Å². The Morgan fingerprint density at radius 2 is 0.812 bits per heavy atom. The van der Waals surface area contributed by atoms with Crippen molar-refractivity contribution in [1.29, 1.82) is 0 Å². The highest BCUT2D eigenvalue weighted by Crippen LogP contribution is 2.53. The molecule has 2 nitrogen and oxygen atoms in total. The third-order valence-corrected chi connectivity index (χ3v) is 15.5. The Hall–Kier alpha value is -8.20. The van der Waals surface area contributed by atoms with Crippen LogP contribution in [0, 0.1) is 6.92 Å². The van der Waals surface area contributed by atoms with E-state index in [-0.39, 0.29) is 10.8 Å². The highest BCUT2D eigenvalue weighted by Gasteiger charge is 2.38. The second-order valence-corrected chi connectivity index (χ2v) is 20.2. The highest BCUT2D eigenvalue weighted by molar-refractivity contribution is 6.10. The monoisotopic (exact) mass is 884 g/mol. The number of aromatic nitrogens is 1. The second-order valence-electron chi connectivity index (χ2n) is 20.2. The molecule has 0 saturated heterocycles. The normalized spacial score (nSPS) is 13.8. The summed E-state index contributed by atoms with van der Waals surface area (Å²) in [7, 11) is 0. The Balaban J connectivity index is 0.928. The molecule has 1 aromatic heterocycles. The first-order valence-electron chi connectivity index (χ1n) is 24.3. The summed E-state index contributed by atoms with van der Waals surface area (Å²) < 4.78 is 2.45. The summed E-state index contributed by atoms with van der Waals surface area (Å²) in [5.74, 6) is 0. The molecule has 0 bridgehead atoms. The number of rotatable bonds is 7. The zero-order valence-corrected chi connectivity index (χ0v) is 39.8. The first kappa shape index (κ1) is 41.0. The maximum atomic E-state index is 2.49. The molecule has 0 N–H and O–H groups in total. The molecule has 330 valence electrons. The number of aryl methyl sites for hydroxylation is 1. The fraction of sp³-hybridized carbons (Fsp3) is 0.104. The van der Waals surface area contributed by atoms with Gasteiger partial charge in [0.05, 0.1) is 11.0 Å². The highest BCUT2D eigenvalue weighted by atomic mass is 15.1. The Kier molecular flexibility index (Phi) is 9.17.